The fourth-order valence-electron chi connectivity index (χ4n) is 1.30. The summed E-state index contributed by atoms with van der Waals surface area (Å²) in [6, 6.07) is 0. The molecule has 1 saturated heterocycles. The van der Waals surface area contributed by atoms with Crippen molar-refractivity contribution in [3.63, 3.8) is 0 Å². The van der Waals surface area contributed by atoms with Gasteiger partial charge in [-0.1, -0.05) is 0 Å². The van der Waals surface area contributed by atoms with Gasteiger partial charge in [0.2, 0.25) is 0 Å². The molecule has 0 aromatic rings. The highest BCUT2D eigenvalue weighted by Gasteiger charge is 2.28. The minimum absolute atomic E-state index is 0.204. The van der Waals surface area contributed by atoms with Gasteiger partial charge >= 0.3 is 11.9 Å². The zero-order chi connectivity index (χ0) is 11.4. The van der Waals surface area contributed by atoms with E-state index in [0.717, 1.165) is 0 Å². The summed E-state index contributed by atoms with van der Waals surface area (Å²) in [5, 5.41) is 18.7. The predicted molar refractivity (Wildman–Crippen MR) is 48.6 cm³/mol. The highest BCUT2D eigenvalue weighted by Crippen LogP contribution is 2.14. The molecule has 86 valence electrons. The molecule has 0 aromatic carbocycles. The van der Waals surface area contributed by atoms with E-state index in [2.05, 4.69) is 0 Å². The molecule has 15 heavy (non-hydrogen) atoms. The van der Waals surface area contributed by atoms with E-state index < -0.39 is 17.9 Å². The summed E-state index contributed by atoms with van der Waals surface area (Å²) in [4.78, 5) is 26.0. The standard InChI is InChI=1S/C8H14N2O5/c9-6-4-15-10(6)2-1-5(8(13)14)3-7(11)12/h5-6H,1-4,9H2,(H,11,12)(H,13,14). The Kier molecular flexibility index (Phi) is 4.01. The Hall–Kier alpha value is -1.18. The smallest absolute Gasteiger partial charge is 0.307 e. The summed E-state index contributed by atoms with van der Waals surface area (Å²) >= 11 is 0. The van der Waals surface area contributed by atoms with Crippen molar-refractivity contribution in [2.24, 2.45) is 11.7 Å². The molecule has 4 N–H and O–H groups in total. The molecule has 0 bridgehead atoms. The van der Waals surface area contributed by atoms with E-state index in [4.69, 9.17) is 20.8 Å². The third-order valence-electron chi connectivity index (χ3n) is 2.25. The molecule has 0 radical (unpaired) electrons. The third kappa shape index (κ3) is 3.46. The first-order valence-electron chi connectivity index (χ1n) is 4.60. The fraction of sp³-hybridized carbons (Fsp3) is 0.750. The van der Waals surface area contributed by atoms with Crippen molar-refractivity contribution in [3.05, 3.63) is 0 Å². The van der Waals surface area contributed by atoms with Crippen molar-refractivity contribution < 1.29 is 24.6 Å². The molecule has 1 aliphatic heterocycles. The van der Waals surface area contributed by atoms with Gasteiger partial charge in [0.25, 0.3) is 0 Å². The van der Waals surface area contributed by atoms with Gasteiger partial charge in [-0.2, -0.15) is 5.06 Å². The van der Waals surface area contributed by atoms with Crippen LogP contribution in [0.3, 0.4) is 0 Å². The number of carbonyl (C=O) groups is 2. The first kappa shape index (κ1) is 11.9. The van der Waals surface area contributed by atoms with E-state index in [9.17, 15) is 9.59 Å². The zero-order valence-corrected chi connectivity index (χ0v) is 8.13. The largest absolute Gasteiger partial charge is 0.481 e. The molecule has 1 aliphatic rings. The van der Waals surface area contributed by atoms with Gasteiger partial charge in [0.1, 0.15) is 6.17 Å². The maximum absolute atomic E-state index is 10.7. The number of nitrogens with zero attached hydrogens (tertiary/aromatic N) is 1. The van der Waals surface area contributed by atoms with Gasteiger partial charge in [-0.05, 0) is 6.42 Å². The lowest BCUT2D eigenvalue weighted by Gasteiger charge is -2.37. The lowest BCUT2D eigenvalue weighted by atomic mass is 10.0. The van der Waals surface area contributed by atoms with Gasteiger partial charge < -0.3 is 15.9 Å². The second kappa shape index (κ2) is 5.06. The molecule has 7 heteroatoms. The van der Waals surface area contributed by atoms with E-state index in [1.54, 1.807) is 0 Å². The second-order valence-corrected chi connectivity index (χ2v) is 3.43. The third-order valence-corrected chi connectivity index (χ3v) is 2.25. The number of carboxylic acids is 2. The highest BCUT2D eigenvalue weighted by molar-refractivity contribution is 5.77. The summed E-state index contributed by atoms with van der Waals surface area (Å²) in [5.41, 5.74) is 5.52. The molecular formula is C8H14N2O5. The molecule has 2 atom stereocenters. The number of nitrogens with two attached hydrogens (primary N) is 1. The first-order chi connectivity index (χ1) is 7.00. The van der Waals surface area contributed by atoms with Crippen molar-refractivity contribution in [2.45, 2.75) is 19.0 Å². The molecule has 0 amide bonds. The zero-order valence-electron chi connectivity index (χ0n) is 8.13. The number of rotatable bonds is 6. The van der Waals surface area contributed by atoms with Crippen LogP contribution in [0.1, 0.15) is 12.8 Å². The van der Waals surface area contributed by atoms with Crippen LogP contribution in [0.25, 0.3) is 0 Å². The molecule has 1 rings (SSSR count). The molecule has 7 nitrogen and oxygen atoms in total. The van der Waals surface area contributed by atoms with Gasteiger partial charge in [-0.3, -0.25) is 14.4 Å². The van der Waals surface area contributed by atoms with Crippen molar-refractivity contribution in [2.75, 3.05) is 13.2 Å². The van der Waals surface area contributed by atoms with Crippen LogP contribution < -0.4 is 5.73 Å². The Morgan fingerprint density at radius 2 is 2.20 bits per heavy atom. The highest BCUT2D eigenvalue weighted by atomic mass is 16.7. The van der Waals surface area contributed by atoms with Crippen molar-refractivity contribution in [1.29, 1.82) is 0 Å². The minimum atomic E-state index is -1.11. The molecule has 0 spiro atoms. The van der Waals surface area contributed by atoms with Gasteiger partial charge in [0, 0.05) is 6.54 Å². The molecule has 0 aromatic heterocycles. The summed E-state index contributed by atoms with van der Waals surface area (Å²) in [7, 11) is 0. The van der Waals surface area contributed by atoms with E-state index >= 15 is 0 Å². The van der Waals surface area contributed by atoms with E-state index in [-0.39, 0.29) is 19.0 Å². The topological polar surface area (TPSA) is 113 Å². The van der Waals surface area contributed by atoms with E-state index in [1.165, 1.54) is 5.06 Å². The quantitative estimate of drug-likeness (QED) is 0.528. The molecule has 2 unspecified atom stereocenters. The van der Waals surface area contributed by atoms with E-state index in [0.29, 0.717) is 13.2 Å². The van der Waals surface area contributed by atoms with Crippen LogP contribution in [0.15, 0.2) is 0 Å². The normalized spacial score (nSPS) is 23.1. The van der Waals surface area contributed by atoms with Crippen LogP contribution >= 0.6 is 0 Å². The molecule has 0 aliphatic carbocycles. The van der Waals surface area contributed by atoms with Crippen LogP contribution in [-0.2, 0) is 14.4 Å². The number of hydroxylamine groups is 2. The Balaban J connectivity index is 2.31. The fourth-order valence-corrected chi connectivity index (χ4v) is 1.30. The lowest BCUT2D eigenvalue weighted by molar-refractivity contribution is -0.288. The number of hydrogen-bond donors (Lipinski definition) is 3. The Bertz CT molecular complexity index is 257. The summed E-state index contributed by atoms with van der Waals surface area (Å²) in [6.45, 7) is 0.766. The van der Waals surface area contributed by atoms with Gasteiger partial charge in [-0.25, -0.2) is 0 Å². The SMILES string of the molecule is NC1CON1CCC(CC(=O)O)C(=O)O. The van der Waals surface area contributed by atoms with Crippen LogP contribution in [-0.4, -0.2) is 46.5 Å². The monoisotopic (exact) mass is 218 g/mol. The molecule has 1 fully saturated rings. The Morgan fingerprint density at radius 3 is 2.53 bits per heavy atom. The summed E-state index contributed by atoms with van der Waals surface area (Å²) in [5.74, 6) is -3.11. The van der Waals surface area contributed by atoms with Gasteiger partial charge in [-0.15, -0.1) is 0 Å². The second-order valence-electron chi connectivity index (χ2n) is 3.43. The number of carboxylic acid groups (broad SMARTS) is 2. The summed E-state index contributed by atoms with van der Waals surface area (Å²) in [6.07, 6.45) is -0.363. The van der Waals surface area contributed by atoms with Crippen LogP contribution in [0, 0.1) is 5.92 Å². The predicted octanol–water partition coefficient (Wildman–Crippen LogP) is -0.916. The molecular weight excluding hydrogens is 204 g/mol. The van der Waals surface area contributed by atoms with Crippen molar-refractivity contribution in [1.82, 2.24) is 5.06 Å². The molecule has 1 heterocycles. The Morgan fingerprint density at radius 1 is 1.53 bits per heavy atom. The lowest BCUT2D eigenvalue weighted by Crippen LogP contribution is -2.56. The number of hydrogen-bond acceptors (Lipinski definition) is 5. The van der Waals surface area contributed by atoms with Crippen LogP contribution in [0.2, 0.25) is 0 Å². The van der Waals surface area contributed by atoms with Crippen LogP contribution in [0.5, 0.6) is 0 Å². The van der Waals surface area contributed by atoms with Crippen molar-refractivity contribution in [3.8, 4) is 0 Å². The van der Waals surface area contributed by atoms with E-state index in [1.807, 2.05) is 0 Å². The van der Waals surface area contributed by atoms with Gasteiger partial charge in [0.05, 0.1) is 18.9 Å². The van der Waals surface area contributed by atoms with Crippen LogP contribution in [0.4, 0.5) is 0 Å². The maximum Gasteiger partial charge on any atom is 0.307 e. The summed E-state index contributed by atoms with van der Waals surface area (Å²) < 4.78 is 0. The average Bonchev–Trinajstić information content (AvgIpc) is 2.13. The number of aliphatic carboxylic acids is 2. The van der Waals surface area contributed by atoms with Gasteiger partial charge in [0.15, 0.2) is 0 Å². The minimum Gasteiger partial charge on any atom is -0.481 e. The van der Waals surface area contributed by atoms with Crippen molar-refractivity contribution >= 4 is 11.9 Å². The Labute approximate surface area is 86.4 Å². The molecule has 0 saturated carbocycles. The average molecular weight is 218 g/mol. The first-order valence-corrected chi connectivity index (χ1v) is 4.60. The maximum atomic E-state index is 10.7.